The van der Waals surface area contributed by atoms with E-state index in [0.29, 0.717) is 11.5 Å². The third kappa shape index (κ3) is 3.98. The van der Waals surface area contributed by atoms with Crippen molar-refractivity contribution in [3.63, 3.8) is 0 Å². The van der Waals surface area contributed by atoms with Crippen LogP contribution in [0.3, 0.4) is 0 Å². The van der Waals surface area contributed by atoms with Crippen LogP contribution in [0.15, 0.2) is 78.9 Å². The van der Waals surface area contributed by atoms with Gasteiger partial charge in [0.15, 0.2) is 0 Å². The lowest BCUT2D eigenvalue weighted by molar-refractivity contribution is 0.416. The van der Waals surface area contributed by atoms with Gasteiger partial charge in [-0.25, -0.2) is 0 Å². The topological polar surface area (TPSA) is 21.3 Å². The predicted molar refractivity (Wildman–Crippen MR) is 117 cm³/mol. The molecule has 3 aromatic rings. The second-order valence-corrected chi connectivity index (χ2v) is 7.89. The Bertz CT molecular complexity index is 897. The van der Waals surface area contributed by atoms with Crippen molar-refractivity contribution in [2.75, 3.05) is 13.7 Å². The molecule has 0 saturated heterocycles. The van der Waals surface area contributed by atoms with Crippen LogP contribution in [0.4, 0.5) is 0 Å². The fourth-order valence-electron chi connectivity index (χ4n) is 4.11. The van der Waals surface area contributed by atoms with Gasteiger partial charge >= 0.3 is 0 Å². The van der Waals surface area contributed by atoms with Crippen LogP contribution < -0.4 is 10.1 Å². The molecule has 1 saturated carbocycles. The minimum absolute atomic E-state index is 0.346. The zero-order valence-corrected chi connectivity index (χ0v) is 16.8. The Labute approximate surface area is 168 Å². The van der Waals surface area contributed by atoms with Crippen LogP contribution >= 0.6 is 0 Å². The van der Waals surface area contributed by atoms with E-state index in [2.05, 4.69) is 79.0 Å². The quantitative estimate of drug-likeness (QED) is 0.514. The van der Waals surface area contributed by atoms with Gasteiger partial charge in [-0.15, -0.1) is 0 Å². The first-order chi connectivity index (χ1) is 13.7. The first-order valence-electron chi connectivity index (χ1n) is 10.2. The summed E-state index contributed by atoms with van der Waals surface area (Å²) in [6, 6.07) is 28.3. The predicted octanol–water partition coefficient (Wildman–Crippen LogP) is 6.13. The van der Waals surface area contributed by atoms with E-state index < -0.39 is 0 Å². The largest absolute Gasteiger partial charge is 0.496 e. The first-order valence-corrected chi connectivity index (χ1v) is 10.2. The molecule has 28 heavy (non-hydrogen) atoms. The molecule has 0 aliphatic heterocycles. The number of ether oxygens (including phenoxy) is 1. The van der Waals surface area contributed by atoms with Crippen molar-refractivity contribution in [1.29, 1.82) is 0 Å². The molecular weight excluding hydrogens is 342 g/mol. The Morgan fingerprint density at radius 3 is 2.25 bits per heavy atom. The minimum Gasteiger partial charge on any atom is -0.496 e. The molecule has 4 rings (SSSR count). The van der Waals surface area contributed by atoms with Gasteiger partial charge in [0, 0.05) is 11.6 Å². The van der Waals surface area contributed by atoms with Crippen LogP contribution in [0.5, 0.6) is 5.75 Å². The minimum atomic E-state index is 0.346. The van der Waals surface area contributed by atoms with Gasteiger partial charge < -0.3 is 10.1 Å². The molecule has 2 heteroatoms. The fraction of sp³-hybridized carbons (Fsp3) is 0.308. The summed E-state index contributed by atoms with van der Waals surface area (Å²) < 4.78 is 5.49. The molecule has 0 bridgehead atoms. The van der Waals surface area contributed by atoms with E-state index >= 15 is 0 Å². The Morgan fingerprint density at radius 2 is 1.57 bits per heavy atom. The molecule has 1 N–H and O–H groups in total. The highest BCUT2D eigenvalue weighted by Gasteiger charge is 2.43. The van der Waals surface area contributed by atoms with E-state index in [9.17, 15) is 0 Å². The lowest BCUT2D eigenvalue weighted by atomic mass is 9.92. The molecule has 1 unspecified atom stereocenters. The van der Waals surface area contributed by atoms with Gasteiger partial charge in [-0.2, -0.15) is 0 Å². The van der Waals surface area contributed by atoms with E-state index in [1.165, 1.54) is 36.0 Å². The molecule has 0 amide bonds. The fourth-order valence-corrected chi connectivity index (χ4v) is 4.11. The number of hydrogen-bond acceptors (Lipinski definition) is 2. The molecule has 0 spiro atoms. The van der Waals surface area contributed by atoms with E-state index in [1.54, 1.807) is 7.11 Å². The average Bonchev–Trinajstić information content (AvgIpc) is 3.55. The SMILES string of the molecule is COc1ccccc1-c1ccc(C(C)NCCC2(c3ccccc3)CC2)cc1. The third-order valence-electron chi connectivity index (χ3n) is 6.12. The summed E-state index contributed by atoms with van der Waals surface area (Å²) in [7, 11) is 1.72. The van der Waals surface area contributed by atoms with Gasteiger partial charge in [0.1, 0.15) is 5.75 Å². The number of para-hydroxylation sites is 1. The Kier molecular flexibility index (Phi) is 5.50. The van der Waals surface area contributed by atoms with Gasteiger partial charge in [0.25, 0.3) is 0 Å². The number of rotatable bonds is 8. The molecule has 0 heterocycles. The maximum absolute atomic E-state index is 5.49. The van der Waals surface area contributed by atoms with Crippen molar-refractivity contribution in [3.8, 4) is 16.9 Å². The maximum atomic E-state index is 5.49. The summed E-state index contributed by atoms with van der Waals surface area (Å²) in [5.74, 6) is 0.914. The van der Waals surface area contributed by atoms with Crippen LogP contribution in [0, 0.1) is 0 Å². The smallest absolute Gasteiger partial charge is 0.126 e. The summed E-state index contributed by atoms with van der Waals surface area (Å²) in [4.78, 5) is 0. The molecule has 1 aliphatic rings. The molecule has 3 aromatic carbocycles. The van der Waals surface area contributed by atoms with Crippen LogP contribution in [-0.2, 0) is 5.41 Å². The van der Waals surface area contributed by atoms with Crippen LogP contribution in [0.25, 0.3) is 11.1 Å². The van der Waals surface area contributed by atoms with Crippen LogP contribution in [0.2, 0.25) is 0 Å². The summed E-state index contributed by atoms with van der Waals surface area (Å²) in [6.45, 7) is 3.30. The number of hydrogen-bond donors (Lipinski definition) is 1. The maximum Gasteiger partial charge on any atom is 0.126 e. The van der Waals surface area contributed by atoms with Crippen molar-refractivity contribution in [2.45, 2.75) is 37.6 Å². The lowest BCUT2D eigenvalue weighted by Gasteiger charge is -2.19. The van der Waals surface area contributed by atoms with E-state index in [1.807, 2.05) is 12.1 Å². The summed E-state index contributed by atoms with van der Waals surface area (Å²) >= 11 is 0. The van der Waals surface area contributed by atoms with Gasteiger partial charge in [-0.1, -0.05) is 72.8 Å². The second-order valence-electron chi connectivity index (χ2n) is 7.89. The molecule has 0 radical (unpaired) electrons. The zero-order valence-electron chi connectivity index (χ0n) is 16.8. The molecule has 144 valence electrons. The highest BCUT2D eigenvalue weighted by atomic mass is 16.5. The molecule has 1 fully saturated rings. The van der Waals surface area contributed by atoms with Crippen LogP contribution in [0.1, 0.15) is 43.4 Å². The second kappa shape index (κ2) is 8.20. The van der Waals surface area contributed by atoms with Gasteiger partial charge in [0.2, 0.25) is 0 Å². The van der Waals surface area contributed by atoms with Crippen molar-refractivity contribution in [1.82, 2.24) is 5.32 Å². The molecule has 0 aromatic heterocycles. The number of methoxy groups -OCH3 is 1. The highest BCUT2D eigenvalue weighted by molar-refractivity contribution is 5.70. The standard InChI is InChI=1S/C26H29NO/c1-20(27-19-18-26(16-17-26)23-8-4-3-5-9-23)21-12-14-22(15-13-21)24-10-6-7-11-25(24)28-2/h3-15,20,27H,16-19H2,1-2H3. The Balaban J connectivity index is 1.36. The van der Waals surface area contributed by atoms with E-state index in [4.69, 9.17) is 4.74 Å². The van der Waals surface area contributed by atoms with Gasteiger partial charge in [-0.3, -0.25) is 0 Å². The van der Waals surface area contributed by atoms with Crippen molar-refractivity contribution in [2.24, 2.45) is 0 Å². The van der Waals surface area contributed by atoms with E-state index in [0.717, 1.165) is 17.9 Å². The van der Waals surface area contributed by atoms with Gasteiger partial charge in [0.05, 0.1) is 7.11 Å². The van der Waals surface area contributed by atoms with Crippen molar-refractivity contribution in [3.05, 3.63) is 90.0 Å². The molecule has 1 aliphatic carbocycles. The summed E-state index contributed by atoms with van der Waals surface area (Å²) in [5, 5.41) is 3.72. The number of nitrogens with one attached hydrogen (secondary N) is 1. The highest BCUT2D eigenvalue weighted by Crippen LogP contribution is 2.50. The van der Waals surface area contributed by atoms with Crippen molar-refractivity contribution < 1.29 is 4.74 Å². The monoisotopic (exact) mass is 371 g/mol. The average molecular weight is 372 g/mol. The third-order valence-corrected chi connectivity index (χ3v) is 6.12. The Morgan fingerprint density at radius 1 is 0.893 bits per heavy atom. The first kappa shape index (κ1) is 18.8. The molecule has 2 nitrogen and oxygen atoms in total. The molecular formula is C26H29NO. The lowest BCUT2D eigenvalue weighted by Crippen LogP contribution is -2.23. The van der Waals surface area contributed by atoms with Crippen molar-refractivity contribution >= 4 is 0 Å². The van der Waals surface area contributed by atoms with Gasteiger partial charge in [-0.05, 0) is 60.9 Å². The Hall–Kier alpha value is -2.58. The number of benzene rings is 3. The van der Waals surface area contributed by atoms with E-state index in [-0.39, 0.29) is 0 Å². The summed E-state index contributed by atoms with van der Waals surface area (Å²) in [5.41, 5.74) is 5.57. The normalized spacial score (nSPS) is 15.8. The zero-order chi connectivity index (χ0) is 19.4. The summed E-state index contributed by atoms with van der Waals surface area (Å²) in [6.07, 6.45) is 3.85. The van der Waals surface area contributed by atoms with Crippen LogP contribution in [-0.4, -0.2) is 13.7 Å². The molecule has 1 atom stereocenters.